The average molecular weight is 309 g/mol. The molecule has 3 nitrogen and oxygen atoms in total. The molecule has 1 aliphatic carbocycles. The zero-order valence-electron chi connectivity index (χ0n) is 12.5. The van der Waals surface area contributed by atoms with Crippen molar-refractivity contribution in [2.75, 3.05) is 5.73 Å². The second kappa shape index (κ2) is 4.23. The highest BCUT2D eigenvalue weighted by Crippen LogP contribution is 2.74. The third kappa shape index (κ3) is 1.81. The molecule has 1 aromatic carbocycles. The number of hydrogen-bond donors (Lipinski definition) is 1. The van der Waals surface area contributed by atoms with Crippen molar-refractivity contribution in [3.05, 3.63) is 34.7 Å². The summed E-state index contributed by atoms with van der Waals surface area (Å²) in [5, 5.41) is 4.41. The lowest BCUT2D eigenvalue weighted by molar-refractivity contribution is 0.423. The van der Waals surface area contributed by atoms with Gasteiger partial charge in [0.15, 0.2) is 0 Å². The molecule has 0 bridgehead atoms. The second-order valence-electron chi connectivity index (χ2n) is 6.78. The Balaban J connectivity index is 2.21. The van der Waals surface area contributed by atoms with Crippen LogP contribution in [0.25, 0.3) is 11.1 Å². The van der Waals surface area contributed by atoms with Gasteiger partial charge in [-0.05, 0) is 23.0 Å². The first-order valence-electron chi connectivity index (χ1n) is 6.89. The molecule has 21 heavy (non-hydrogen) atoms. The van der Waals surface area contributed by atoms with Crippen molar-refractivity contribution in [1.82, 2.24) is 5.16 Å². The number of hydrogen-bond acceptors (Lipinski definition) is 3. The molecule has 2 aromatic rings. The summed E-state index contributed by atoms with van der Waals surface area (Å²) in [5.41, 5.74) is 7.44. The Hall–Kier alpha value is -1.55. The van der Waals surface area contributed by atoms with E-state index < -0.39 is 5.82 Å². The molecule has 0 amide bonds. The Morgan fingerprint density at radius 1 is 1.19 bits per heavy atom. The van der Waals surface area contributed by atoms with Gasteiger partial charge in [0.05, 0.1) is 16.3 Å². The minimum atomic E-state index is -0.421. The van der Waals surface area contributed by atoms with E-state index in [1.54, 1.807) is 12.1 Å². The molecule has 3 rings (SSSR count). The summed E-state index contributed by atoms with van der Waals surface area (Å²) in [6.07, 6.45) is 0. The first-order chi connectivity index (χ1) is 9.69. The number of nitrogens with two attached hydrogens (primary N) is 1. The van der Waals surface area contributed by atoms with E-state index in [2.05, 4.69) is 32.9 Å². The van der Waals surface area contributed by atoms with Crippen LogP contribution in [0.4, 0.5) is 10.3 Å². The highest BCUT2D eigenvalue weighted by molar-refractivity contribution is 6.33. The first-order valence-corrected chi connectivity index (χ1v) is 7.26. The third-order valence-corrected chi connectivity index (χ3v) is 5.57. The minimum Gasteiger partial charge on any atom is -0.367 e. The van der Waals surface area contributed by atoms with Crippen LogP contribution < -0.4 is 5.73 Å². The van der Waals surface area contributed by atoms with Crippen LogP contribution in [0, 0.1) is 16.6 Å². The lowest BCUT2D eigenvalue weighted by Crippen LogP contribution is -1.96. The summed E-state index contributed by atoms with van der Waals surface area (Å²) in [5.74, 6) is -0.165. The van der Waals surface area contributed by atoms with E-state index in [0.717, 1.165) is 0 Å². The van der Waals surface area contributed by atoms with Gasteiger partial charge in [-0.15, -0.1) is 0 Å². The van der Waals surface area contributed by atoms with Crippen molar-refractivity contribution in [1.29, 1.82) is 0 Å². The maximum absolute atomic E-state index is 14.2. The monoisotopic (exact) mass is 308 g/mol. The maximum atomic E-state index is 14.2. The van der Waals surface area contributed by atoms with Crippen LogP contribution >= 0.6 is 11.6 Å². The van der Waals surface area contributed by atoms with E-state index in [1.165, 1.54) is 6.07 Å². The van der Waals surface area contributed by atoms with Gasteiger partial charge in [-0.1, -0.05) is 50.5 Å². The molecule has 1 saturated carbocycles. The lowest BCUT2D eigenvalue weighted by Gasteiger charge is -2.07. The van der Waals surface area contributed by atoms with Crippen LogP contribution in [0.3, 0.4) is 0 Å². The third-order valence-electron chi connectivity index (χ3n) is 5.25. The van der Waals surface area contributed by atoms with Gasteiger partial charge in [-0.3, -0.25) is 0 Å². The Bertz CT molecular complexity index is 687. The summed E-state index contributed by atoms with van der Waals surface area (Å²) < 4.78 is 19.4. The summed E-state index contributed by atoms with van der Waals surface area (Å²) in [6, 6.07) is 4.57. The van der Waals surface area contributed by atoms with Gasteiger partial charge in [-0.2, -0.15) is 0 Å². The Morgan fingerprint density at radius 2 is 1.81 bits per heavy atom. The largest absolute Gasteiger partial charge is 0.367 e. The van der Waals surface area contributed by atoms with E-state index in [1.807, 2.05) is 0 Å². The van der Waals surface area contributed by atoms with E-state index in [0.29, 0.717) is 16.3 Å². The van der Waals surface area contributed by atoms with Crippen molar-refractivity contribution in [2.45, 2.75) is 33.6 Å². The van der Waals surface area contributed by atoms with E-state index in [4.69, 9.17) is 21.9 Å². The fraction of sp³-hybridized carbons (Fsp3) is 0.438. The van der Waals surface area contributed by atoms with E-state index in [9.17, 15) is 4.39 Å². The fourth-order valence-electron chi connectivity index (χ4n) is 3.38. The van der Waals surface area contributed by atoms with Gasteiger partial charge >= 0.3 is 0 Å². The molecule has 112 valence electrons. The molecule has 1 aromatic heterocycles. The molecule has 1 fully saturated rings. The summed E-state index contributed by atoms with van der Waals surface area (Å²) in [6.45, 7) is 8.65. The first kappa shape index (κ1) is 14.4. The van der Waals surface area contributed by atoms with Gasteiger partial charge in [0.25, 0.3) is 0 Å². The quantitative estimate of drug-likeness (QED) is 0.861. The molecule has 2 N–H and O–H groups in total. The van der Waals surface area contributed by atoms with Crippen LogP contribution in [-0.4, -0.2) is 5.16 Å². The van der Waals surface area contributed by atoms with Crippen molar-refractivity contribution >= 4 is 17.5 Å². The summed E-state index contributed by atoms with van der Waals surface area (Å²) in [4.78, 5) is 0. The predicted molar refractivity (Wildman–Crippen MR) is 81.6 cm³/mol. The van der Waals surface area contributed by atoms with E-state index in [-0.39, 0.29) is 28.2 Å². The number of rotatable bonds is 2. The zero-order chi connectivity index (χ0) is 15.6. The smallest absolute Gasteiger partial charge is 0.230 e. The molecule has 1 heterocycles. The molecule has 0 atom stereocenters. The van der Waals surface area contributed by atoms with Crippen LogP contribution in [0.5, 0.6) is 0 Å². The standard InChI is InChI=1S/C16H18ClFN2O/c1-15(2)13(16(15,3)4)12-11(14(19)21-20-12)10-8(17)6-5-7-9(10)18/h5-7,13H,19H2,1-4H3. The Labute approximate surface area is 128 Å². The van der Waals surface area contributed by atoms with Crippen molar-refractivity contribution in [2.24, 2.45) is 10.8 Å². The molecule has 0 radical (unpaired) electrons. The molecule has 5 heteroatoms. The highest BCUT2D eigenvalue weighted by atomic mass is 35.5. The van der Waals surface area contributed by atoms with Crippen molar-refractivity contribution < 1.29 is 8.91 Å². The molecule has 0 aliphatic heterocycles. The average Bonchev–Trinajstić information content (AvgIpc) is 2.65. The number of nitrogens with zero attached hydrogens (tertiary/aromatic N) is 1. The topological polar surface area (TPSA) is 52.0 Å². The van der Waals surface area contributed by atoms with Crippen molar-refractivity contribution in [3.63, 3.8) is 0 Å². The van der Waals surface area contributed by atoms with Gasteiger partial charge in [0, 0.05) is 11.5 Å². The summed E-state index contributed by atoms with van der Waals surface area (Å²) in [7, 11) is 0. The Morgan fingerprint density at radius 3 is 2.33 bits per heavy atom. The Kier molecular flexibility index (Phi) is 2.90. The van der Waals surface area contributed by atoms with Gasteiger partial charge in [0.2, 0.25) is 5.88 Å². The maximum Gasteiger partial charge on any atom is 0.230 e. The van der Waals surface area contributed by atoms with Crippen molar-refractivity contribution in [3.8, 4) is 11.1 Å². The zero-order valence-corrected chi connectivity index (χ0v) is 13.3. The number of halogens is 2. The number of anilines is 1. The van der Waals surface area contributed by atoms with Gasteiger partial charge in [-0.25, -0.2) is 4.39 Å². The SMILES string of the molecule is CC1(C)C(c2noc(N)c2-c2c(F)cccc2Cl)C1(C)C. The molecule has 0 saturated heterocycles. The summed E-state index contributed by atoms with van der Waals surface area (Å²) >= 11 is 6.17. The minimum absolute atomic E-state index is 0.0444. The normalized spacial score (nSPS) is 19.7. The second-order valence-corrected chi connectivity index (χ2v) is 7.19. The fourth-order valence-corrected chi connectivity index (χ4v) is 3.64. The molecular formula is C16H18ClFN2O. The highest BCUT2D eigenvalue weighted by Gasteiger charge is 2.67. The molecule has 0 unspecified atom stereocenters. The van der Waals surface area contributed by atoms with Crippen LogP contribution in [-0.2, 0) is 0 Å². The van der Waals surface area contributed by atoms with Gasteiger partial charge < -0.3 is 10.3 Å². The predicted octanol–water partition coefficient (Wildman–Crippen LogP) is 4.87. The number of benzene rings is 1. The number of nitrogen functional groups attached to an aromatic ring is 1. The van der Waals surface area contributed by atoms with Crippen LogP contribution in [0.1, 0.15) is 39.3 Å². The lowest BCUT2D eigenvalue weighted by atomic mass is 9.99. The molecular weight excluding hydrogens is 291 g/mol. The van der Waals surface area contributed by atoms with Crippen LogP contribution in [0.2, 0.25) is 5.02 Å². The molecule has 0 spiro atoms. The van der Waals surface area contributed by atoms with Gasteiger partial charge in [0.1, 0.15) is 5.82 Å². The molecule has 1 aliphatic rings. The van der Waals surface area contributed by atoms with E-state index >= 15 is 0 Å². The number of aromatic nitrogens is 1. The van der Waals surface area contributed by atoms with Crippen LogP contribution in [0.15, 0.2) is 22.7 Å².